The van der Waals surface area contributed by atoms with Crippen molar-refractivity contribution in [3.63, 3.8) is 0 Å². The van der Waals surface area contributed by atoms with Gasteiger partial charge < -0.3 is 35.9 Å². The Balaban J connectivity index is 1.51. The summed E-state index contributed by atoms with van der Waals surface area (Å²) in [5.74, 6) is -2.30. The number of H-pyrrole nitrogens is 2. The molecule has 0 aliphatic rings. The number of benzene rings is 1. The van der Waals surface area contributed by atoms with Gasteiger partial charge in [-0.2, -0.15) is 4.98 Å². The van der Waals surface area contributed by atoms with Gasteiger partial charge in [0.2, 0.25) is 5.95 Å². The van der Waals surface area contributed by atoms with Gasteiger partial charge in [0.15, 0.2) is 0 Å². The quantitative estimate of drug-likeness (QED) is 0.115. The zero-order valence-corrected chi connectivity index (χ0v) is 23.5. The second kappa shape index (κ2) is 14.4. The summed E-state index contributed by atoms with van der Waals surface area (Å²) in [6.07, 6.45) is 2.45. The highest BCUT2D eigenvalue weighted by Crippen LogP contribution is 2.16. The van der Waals surface area contributed by atoms with Crippen LogP contribution in [0.2, 0.25) is 0 Å². The monoisotopic (exact) mass is 570 g/mol. The fraction of sp³-hybridized carbons (Fsp3) is 0.464. The summed E-state index contributed by atoms with van der Waals surface area (Å²) in [6, 6.07) is 5.67. The molecular formula is C28H38N6O7. The van der Waals surface area contributed by atoms with E-state index in [1.54, 1.807) is 30.5 Å². The molecule has 0 radical (unpaired) electrons. The molecule has 0 bridgehead atoms. The Kier molecular flexibility index (Phi) is 11.0. The number of aliphatic carboxylic acids is 1. The lowest BCUT2D eigenvalue weighted by Crippen LogP contribution is -2.42. The van der Waals surface area contributed by atoms with E-state index >= 15 is 0 Å². The summed E-state index contributed by atoms with van der Waals surface area (Å²) in [4.78, 5) is 58.3. The van der Waals surface area contributed by atoms with E-state index in [2.05, 4.69) is 25.6 Å². The van der Waals surface area contributed by atoms with E-state index in [1.165, 1.54) is 0 Å². The molecule has 1 amide bonds. The molecule has 0 saturated carbocycles. The molecule has 3 rings (SSSR count). The second-order valence-corrected chi connectivity index (χ2v) is 10.6. The first-order valence-electron chi connectivity index (χ1n) is 13.4. The van der Waals surface area contributed by atoms with E-state index in [0.29, 0.717) is 42.6 Å². The summed E-state index contributed by atoms with van der Waals surface area (Å²) in [6.45, 7) is 7.37. The minimum absolute atomic E-state index is 0.0196. The van der Waals surface area contributed by atoms with E-state index in [4.69, 9.17) is 20.3 Å². The van der Waals surface area contributed by atoms with Gasteiger partial charge in [-0.15, -0.1) is 0 Å². The van der Waals surface area contributed by atoms with Gasteiger partial charge in [0.1, 0.15) is 18.3 Å². The Morgan fingerprint density at radius 3 is 2.51 bits per heavy atom. The average molecular weight is 571 g/mol. The summed E-state index contributed by atoms with van der Waals surface area (Å²) in [5, 5.41) is 15.4. The maximum absolute atomic E-state index is 12.8. The van der Waals surface area contributed by atoms with Crippen LogP contribution in [0.25, 0.3) is 11.0 Å². The third-order valence-electron chi connectivity index (χ3n) is 6.15. The van der Waals surface area contributed by atoms with Crippen molar-refractivity contribution in [1.29, 1.82) is 0 Å². The number of fused-ring (bicyclic) bond motifs is 1. The number of esters is 1. The van der Waals surface area contributed by atoms with E-state index in [1.807, 2.05) is 20.8 Å². The number of ether oxygens (including phenoxy) is 2. The molecule has 0 saturated heterocycles. The van der Waals surface area contributed by atoms with Crippen molar-refractivity contribution in [3.05, 3.63) is 57.5 Å². The van der Waals surface area contributed by atoms with Gasteiger partial charge >= 0.3 is 11.9 Å². The number of carbonyl (C=O) groups is 3. The van der Waals surface area contributed by atoms with Crippen molar-refractivity contribution in [3.8, 4) is 0 Å². The van der Waals surface area contributed by atoms with E-state index in [-0.39, 0.29) is 43.1 Å². The molecule has 41 heavy (non-hydrogen) atoms. The van der Waals surface area contributed by atoms with Crippen LogP contribution in [0.4, 0.5) is 5.95 Å². The number of aryl methyl sites for hydroxylation is 2. The van der Waals surface area contributed by atoms with Crippen LogP contribution in [0.3, 0.4) is 0 Å². The standard InChI is InChI=1S/C28H38N6O7/c1-28(2,3)31-12-13-40-14-15-41-26(39)20(10-11-21(35)36)32-24(37)18-7-4-17(5-8-18)6-9-19-16-30-23-22(19)25(38)34-27(29)33-23/h4-5,7-8,16,20,31H,6,9-15H2,1-3H3,(H,32,37)(H,35,36)(H4,29,30,33,34,38)/t20-/m0/s1. The molecule has 1 atom stereocenters. The predicted molar refractivity (Wildman–Crippen MR) is 153 cm³/mol. The Labute approximate surface area is 237 Å². The summed E-state index contributed by atoms with van der Waals surface area (Å²) >= 11 is 0. The van der Waals surface area contributed by atoms with Crippen LogP contribution in [0, 0.1) is 0 Å². The number of nitrogens with two attached hydrogens (primary N) is 1. The van der Waals surface area contributed by atoms with Crippen molar-refractivity contribution in [1.82, 2.24) is 25.6 Å². The minimum Gasteiger partial charge on any atom is -0.481 e. The number of nitrogens with one attached hydrogen (secondary N) is 4. The molecule has 2 aromatic heterocycles. The molecule has 0 aliphatic heterocycles. The van der Waals surface area contributed by atoms with Crippen molar-refractivity contribution in [2.24, 2.45) is 0 Å². The van der Waals surface area contributed by atoms with Gasteiger partial charge in [0.05, 0.1) is 18.6 Å². The number of carboxylic acids is 1. The first kappa shape index (κ1) is 31.3. The predicted octanol–water partition coefficient (Wildman–Crippen LogP) is 1.53. The third kappa shape index (κ3) is 10.0. The number of rotatable bonds is 15. The van der Waals surface area contributed by atoms with Crippen molar-refractivity contribution >= 4 is 34.8 Å². The van der Waals surface area contributed by atoms with E-state index < -0.39 is 23.9 Å². The Morgan fingerprint density at radius 1 is 1.10 bits per heavy atom. The van der Waals surface area contributed by atoms with Crippen LogP contribution in [0.5, 0.6) is 0 Å². The normalized spacial score (nSPS) is 12.3. The zero-order valence-electron chi connectivity index (χ0n) is 23.5. The van der Waals surface area contributed by atoms with E-state index in [9.17, 15) is 19.2 Å². The zero-order chi connectivity index (χ0) is 30.0. The van der Waals surface area contributed by atoms with Crippen LogP contribution in [0.15, 0.2) is 35.3 Å². The number of nitrogen functional groups attached to an aromatic ring is 1. The number of amides is 1. The molecule has 0 fully saturated rings. The fourth-order valence-corrected chi connectivity index (χ4v) is 4.08. The topological polar surface area (TPSA) is 202 Å². The Morgan fingerprint density at radius 2 is 1.83 bits per heavy atom. The molecule has 13 heteroatoms. The lowest BCUT2D eigenvalue weighted by molar-refractivity contribution is -0.148. The van der Waals surface area contributed by atoms with E-state index in [0.717, 1.165) is 11.1 Å². The summed E-state index contributed by atoms with van der Waals surface area (Å²) in [7, 11) is 0. The molecule has 1 aromatic carbocycles. The van der Waals surface area contributed by atoms with Gasteiger partial charge in [-0.3, -0.25) is 19.4 Å². The lowest BCUT2D eigenvalue weighted by atomic mass is 10.0. The second-order valence-electron chi connectivity index (χ2n) is 10.6. The lowest BCUT2D eigenvalue weighted by Gasteiger charge is -2.20. The first-order valence-corrected chi connectivity index (χ1v) is 13.4. The summed E-state index contributed by atoms with van der Waals surface area (Å²) in [5.41, 5.74) is 7.69. The maximum Gasteiger partial charge on any atom is 0.328 e. The minimum atomic E-state index is -1.12. The number of carbonyl (C=O) groups excluding carboxylic acids is 2. The highest BCUT2D eigenvalue weighted by Gasteiger charge is 2.24. The molecule has 2 heterocycles. The number of anilines is 1. The number of hydrogen-bond acceptors (Lipinski definition) is 9. The first-order chi connectivity index (χ1) is 19.4. The van der Waals surface area contributed by atoms with Crippen LogP contribution >= 0.6 is 0 Å². The molecule has 3 aromatic rings. The van der Waals surface area contributed by atoms with Crippen LogP contribution in [-0.2, 0) is 31.9 Å². The average Bonchev–Trinajstić information content (AvgIpc) is 3.31. The number of nitrogens with zero attached hydrogens (tertiary/aromatic N) is 1. The van der Waals surface area contributed by atoms with Gasteiger partial charge in [-0.05, 0) is 63.3 Å². The van der Waals surface area contributed by atoms with Crippen molar-refractivity contribution < 1.29 is 29.0 Å². The highest BCUT2D eigenvalue weighted by atomic mass is 16.6. The number of hydrogen-bond donors (Lipinski definition) is 6. The third-order valence-corrected chi connectivity index (χ3v) is 6.15. The Bertz CT molecular complexity index is 1390. The van der Waals surface area contributed by atoms with Crippen molar-refractivity contribution in [2.75, 3.05) is 32.1 Å². The van der Waals surface area contributed by atoms with Crippen LogP contribution in [-0.4, -0.2) is 75.9 Å². The van der Waals surface area contributed by atoms with Gasteiger partial charge in [-0.1, -0.05) is 12.1 Å². The molecule has 0 aliphatic carbocycles. The Hall–Kier alpha value is -4.23. The summed E-state index contributed by atoms with van der Waals surface area (Å²) < 4.78 is 10.7. The smallest absolute Gasteiger partial charge is 0.328 e. The highest BCUT2D eigenvalue weighted by molar-refractivity contribution is 5.96. The molecule has 13 nitrogen and oxygen atoms in total. The number of carboxylic acid groups (broad SMARTS) is 1. The van der Waals surface area contributed by atoms with Gasteiger partial charge in [-0.25, -0.2) is 4.79 Å². The maximum atomic E-state index is 12.8. The molecule has 0 spiro atoms. The number of aromatic nitrogens is 3. The molecular weight excluding hydrogens is 532 g/mol. The SMILES string of the molecule is CC(C)(C)NCCOCCOC(=O)[C@H](CCC(=O)O)NC(=O)c1ccc(CCc2c[nH]c3nc(N)[nH]c(=O)c23)cc1. The fourth-order valence-electron chi connectivity index (χ4n) is 4.08. The molecule has 222 valence electrons. The van der Waals surface area contributed by atoms with Crippen LogP contribution in [0.1, 0.15) is 55.1 Å². The van der Waals surface area contributed by atoms with Crippen molar-refractivity contribution in [2.45, 2.75) is 58.0 Å². The van der Waals surface area contributed by atoms with Gasteiger partial charge in [0, 0.05) is 30.3 Å². The molecule has 0 unspecified atom stereocenters. The number of aromatic amines is 2. The van der Waals surface area contributed by atoms with Gasteiger partial charge in [0.25, 0.3) is 11.5 Å². The largest absolute Gasteiger partial charge is 0.481 e. The van der Waals surface area contributed by atoms with Crippen LogP contribution < -0.4 is 21.9 Å². The molecule has 7 N–H and O–H groups in total.